The molecule has 0 rings (SSSR count). The first kappa shape index (κ1) is 13.3. The van der Waals surface area contributed by atoms with E-state index in [1.165, 1.54) is 18.6 Å². The molecule has 0 saturated heterocycles. The summed E-state index contributed by atoms with van der Waals surface area (Å²) < 4.78 is 0. The fourth-order valence-electron chi connectivity index (χ4n) is 1.08. The zero-order valence-electron chi connectivity index (χ0n) is 9.39. The van der Waals surface area contributed by atoms with Crippen LogP contribution in [0.15, 0.2) is 0 Å². The molecule has 0 aromatic heterocycles. The molecule has 0 spiro atoms. The van der Waals surface area contributed by atoms with Crippen molar-refractivity contribution in [3.63, 3.8) is 0 Å². The van der Waals surface area contributed by atoms with Gasteiger partial charge in [-0.25, -0.2) is 0 Å². The summed E-state index contributed by atoms with van der Waals surface area (Å²) in [5.41, 5.74) is 3.31. The van der Waals surface area contributed by atoms with Gasteiger partial charge in [0, 0.05) is 11.8 Å². The maximum absolute atomic E-state index is 5.48. The van der Waals surface area contributed by atoms with Crippen LogP contribution in [0.5, 0.6) is 0 Å². The topological polar surface area (TPSA) is 38.0 Å². The van der Waals surface area contributed by atoms with E-state index in [-0.39, 0.29) is 0 Å². The molecule has 1 unspecified atom stereocenters. The van der Waals surface area contributed by atoms with Crippen LogP contribution in [-0.4, -0.2) is 17.5 Å². The Labute approximate surface area is 87.0 Å². The second-order valence-electron chi connectivity index (χ2n) is 4.62. The number of hydrogen-bond donors (Lipinski definition) is 2. The van der Waals surface area contributed by atoms with Gasteiger partial charge in [-0.05, 0) is 24.0 Å². The molecular weight excluding hydrogens is 180 g/mol. The van der Waals surface area contributed by atoms with Crippen molar-refractivity contribution in [2.24, 2.45) is 11.3 Å². The molecule has 0 aliphatic rings. The summed E-state index contributed by atoms with van der Waals surface area (Å²) in [4.78, 5) is 0. The highest BCUT2D eigenvalue weighted by molar-refractivity contribution is 7.99. The van der Waals surface area contributed by atoms with Gasteiger partial charge in [0.15, 0.2) is 0 Å². The van der Waals surface area contributed by atoms with Gasteiger partial charge in [-0.15, -0.1) is 0 Å². The normalized spacial score (nSPS) is 14.5. The second kappa shape index (κ2) is 6.68. The van der Waals surface area contributed by atoms with Gasteiger partial charge in [-0.1, -0.05) is 27.7 Å². The van der Waals surface area contributed by atoms with Gasteiger partial charge in [0.05, 0.1) is 0 Å². The zero-order valence-corrected chi connectivity index (χ0v) is 10.2. The van der Waals surface area contributed by atoms with Crippen LogP contribution in [0.2, 0.25) is 0 Å². The van der Waals surface area contributed by atoms with Gasteiger partial charge in [-0.3, -0.25) is 11.3 Å². The van der Waals surface area contributed by atoms with Crippen molar-refractivity contribution in [3.05, 3.63) is 0 Å². The molecule has 0 radical (unpaired) electrons. The van der Waals surface area contributed by atoms with Gasteiger partial charge in [0.1, 0.15) is 0 Å². The molecule has 0 fully saturated rings. The van der Waals surface area contributed by atoms with E-state index in [1.54, 1.807) is 0 Å². The molecule has 0 amide bonds. The number of hydrazine groups is 1. The third kappa shape index (κ3) is 8.60. The first-order valence-corrected chi connectivity index (χ1v) is 6.19. The van der Waals surface area contributed by atoms with Gasteiger partial charge < -0.3 is 0 Å². The summed E-state index contributed by atoms with van der Waals surface area (Å²) in [5, 5.41) is 0. The lowest BCUT2D eigenvalue weighted by molar-refractivity contribution is 0.339. The van der Waals surface area contributed by atoms with E-state index in [0.717, 1.165) is 5.75 Å². The summed E-state index contributed by atoms with van der Waals surface area (Å²) in [6.45, 7) is 9.00. The Morgan fingerprint density at radius 3 is 2.38 bits per heavy atom. The Morgan fingerprint density at radius 2 is 2.00 bits per heavy atom. The first-order valence-electron chi connectivity index (χ1n) is 5.03. The largest absolute Gasteiger partial charge is 0.271 e. The van der Waals surface area contributed by atoms with Crippen molar-refractivity contribution in [3.8, 4) is 0 Å². The number of nitrogens with one attached hydrogen (secondary N) is 1. The van der Waals surface area contributed by atoms with Crippen molar-refractivity contribution in [2.75, 3.05) is 11.5 Å². The van der Waals surface area contributed by atoms with E-state index < -0.39 is 0 Å². The third-order valence-corrected chi connectivity index (χ3v) is 3.05. The van der Waals surface area contributed by atoms with Crippen LogP contribution in [0.4, 0.5) is 0 Å². The molecule has 3 N–H and O–H groups in total. The fourth-order valence-corrected chi connectivity index (χ4v) is 1.87. The highest BCUT2D eigenvalue weighted by atomic mass is 32.2. The molecule has 13 heavy (non-hydrogen) atoms. The Bertz CT molecular complexity index is 121. The van der Waals surface area contributed by atoms with E-state index in [4.69, 9.17) is 5.84 Å². The lowest BCUT2D eigenvalue weighted by Crippen LogP contribution is -2.37. The standard InChI is InChI=1S/C10H24N2S/c1-5-13-8-9(12-11)6-7-10(2,3)4/h9,12H,5-8,11H2,1-4H3. The Balaban J connectivity index is 3.59. The molecule has 2 nitrogen and oxygen atoms in total. The van der Waals surface area contributed by atoms with E-state index in [1.807, 2.05) is 11.8 Å². The van der Waals surface area contributed by atoms with Gasteiger partial charge in [-0.2, -0.15) is 11.8 Å². The van der Waals surface area contributed by atoms with E-state index in [9.17, 15) is 0 Å². The summed E-state index contributed by atoms with van der Waals surface area (Å²) in [6.07, 6.45) is 2.40. The molecule has 0 heterocycles. The lowest BCUT2D eigenvalue weighted by atomic mass is 9.89. The van der Waals surface area contributed by atoms with Crippen LogP contribution in [0.25, 0.3) is 0 Å². The molecular formula is C10H24N2S. The molecule has 0 aliphatic carbocycles. The minimum Gasteiger partial charge on any atom is -0.271 e. The Kier molecular flexibility index (Phi) is 6.82. The SMILES string of the molecule is CCSCC(CCC(C)(C)C)NN. The van der Waals surface area contributed by atoms with Crippen molar-refractivity contribution >= 4 is 11.8 Å². The monoisotopic (exact) mass is 204 g/mol. The molecule has 3 heteroatoms. The second-order valence-corrected chi connectivity index (χ2v) is 5.94. The minimum atomic E-state index is 0.423. The van der Waals surface area contributed by atoms with Crippen molar-refractivity contribution in [2.45, 2.75) is 46.6 Å². The van der Waals surface area contributed by atoms with Crippen LogP contribution in [0.1, 0.15) is 40.5 Å². The molecule has 0 aliphatic heterocycles. The molecule has 0 aromatic carbocycles. The average molecular weight is 204 g/mol. The van der Waals surface area contributed by atoms with E-state index in [2.05, 4.69) is 33.1 Å². The molecule has 0 saturated carbocycles. The minimum absolute atomic E-state index is 0.423. The highest BCUT2D eigenvalue weighted by Crippen LogP contribution is 2.22. The fraction of sp³-hybridized carbons (Fsp3) is 1.00. The van der Waals surface area contributed by atoms with Crippen molar-refractivity contribution in [1.29, 1.82) is 0 Å². The Morgan fingerprint density at radius 1 is 1.38 bits per heavy atom. The molecule has 0 aromatic rings. The van der Waals surface area contributed by atoms with E-state index >= 15 is 0 Å². The molecule has 1 atom stereocenters. The number of thioether (sulfide) groups is 1. The van der Waals surface area contributed by atoms with Crippen LogP contribution in [0, 0.1) is 5.41 Å². The summed E-state index contributed by atoms with van der Waals surface area (Å²) in [5.74, 6) is 7.78. The van der Waals surface area contributed by atoms with Crippen LogP contribution >= 0.6 is 11.8 Å². The maximum atomic E-state index is 5.48. The summed E-state index contributed by atoms with van der Waals surface area (Å²) in [6, 6.07) is 0.476. The van der Waals surface area contributed by atoms with Crippen LogP contribution in [0.3, 0.4) is 0 Å². The quantitative estimate of drug-likeness (QED) is 0.515. The molecule has 80 valence electrons. The molecule has 0 bridgehead atoms. The smallest absolute Gasteiger partial charge is 0.0301 e. The lowest BCUT2D eigenvalue weighted by Gasteiger charge is -2.22. The van der Waals surface area contributed by atoms with Gasteiger partial charge in [0.2, 0.25) is 0 Å². The average Bonchev–Trinajstić information content (AvgIpc) is 2.03. The summed E-state index contributed by atoms with van der Waals surface area (Å²) >= 11 is 1.95. The maximum Gasteiger partial charge on any atom is 0.0301 e. The van der Waals surface area contributed by atoms with Crippen molar-refractivity contribution < 1.29 is 0 Å². The number of hydrogen-bond acceptors (Lipinski definition) is 3. The number of rotatable bonds is 6. The number of nitrogens with two attached hydrogens (primary N) is 1. The van der Waals surface area contributed by atoms with Crippen LogP contribution < -0.4 is 11.3 Å². The Hall–Kier alpha value is 0.270. The summed E-state index contributed by atoms with van der Waals surface area (Å²) in [7, 11) is 0. The van der Waals surface area contributed by atoms with Crippen LogP contribution in [-0.2, 0) is 0 Å². The predicted molar refractivity (Wildman–Crippen MR) is 62.8 cm³/mol. The van der Waals surface area contributed by atoms with Gasteiger partial charge in [0.25, 0.3) is 0 Å². The van der Waals surface area contributed by atoms with E-state index in [0.29, 0.717) is 11.5 Å². The predicted octanol–water partition coefficient (Wildman–Crippen LogP) is 2.40. The van der Waals surface area contributed by atoms with Gasteiger partial charge >= 0.3 is 0 Å². The zero-order chi connectivity index (χ0) is 10.3. The van der Waals surface area contributed by atoms with Crippen molar-refractivity contribution in [1.82, 2.24) is 5.43 Å². The third-order valence-electron chi connectivity index (χ3n) is 2.00. The highest BCUT2D eigenvalue weighted by Gasteiger charge is 2.13. The first-order chi connectivity index (χ1) is 5.99.